The number of aryl methyl sites for hydroxylation is 1. The second-order valence-corrected chi connectivity index (χ2v) is 7.03. The average molecular weight is 358 g/mol. The van der Waals surface area contributed by atoms with Gasteiger partial charge in [0, 0.05) is 12.6 Å². The first-order chi connectivity index (χ1) is 12.2. The maximum absolute atomic E-state index is 13.8. The van der Waals surface area contributed by atoms with Crippen molar-refractivity contribution < 1.29 is 9.13 Å². The molecule has 0 radical (unpaired) electrons. The van der Waals surface area contributed by atoms with Crippen LogP contribution < -0.4 is 15.4 Å². The lowest BCUT2D eigenvalue weighted by Gasteiger charge is -2.25. The first kappa shape index (κ1) is 16.2. The molecule has 1 aliphatic rings. The minimum atomic E-state index is -0.316. The summed E-state index contributed by atoms with van der Waals surface area (Å²) in [6, 6.07) is 4.54. The third-order valence-electron chi connectivity index (χ3n) is 4.30. The molecule has 5 nitrogen and oxygen atoms in total. The van der Waals surface area contributed by atoms with Crippen LogP contribution in [0.1, 0.15) is 18.4 Å². The topological polar surface area (TPSA) is 59.1 Å². The number of halogens is 1. The number of anilines is 2. The zero-order valence-electron chi connectivity index (χ0n) is 13.9. The largest absolute Gasteiger partial charge is 0.487 e. The molecule has 2 aromatic heterocycles. The van der Waals surface area contributed by atoms with Crippen LogP contribution in [0.25, 0.3) is 10.2 Å². The summed E-state index contributed by atoms with van der Waals surface area (Å²) in [4.78, 5) is 9.60. The van der Waals surface area contributed by atoms with Crippen LogP contribution in [0.4, 0.5) is 15.9 Å². The summed E-state index contributed by atoms with van der Waals surface area (Å²) in [6.07, 6.45) is 3.60. The van der Waals surface area contributed by atoms with Gasteiger partial charge in [-0.15, -0.1) is 11.3 Å². The average Bonchev–Trinajstić information content (AvgIpc) is 3.00. The molecule has 0 bridgehead atoms. The van der Waals surface area contributed by atoms with Crippen LogP contribution in [-0.4, -0.2) is 29.2 Å². The number of piperidine rings is 1. The van der Waals surface area contributed by atoms with Crippen molar-refractivity contribution in [3.8, 4) is 5.75 Å². The number of ether oxygens (including phenoxy) is 1. The summed E-state index contributed by atoms with van der Waals surface area (Å²) in [5, 5.41) is 9.66. The van der Waals surface area contributed by atoms with Gasteiger partial charge >= 0.3 is 0 Å². The first-order valence-electron chi connectivity index (χ1n) is 8.33. The van der Waals surface area contributed by atoms with Crippen molar-refractivity contribution in [3.63, 3.8) is 0 Å². The van der Waals surface area contributed by atoms with E-state index in [9.17, 15) is 4.39 Å². The van der Waals surface area contributed by atoms with Crippen LogP contribution in [-0.2, 0) is 0 Å². The predicted molar refractivity (Wildman–Crippen MR) is 98.4 cm³/mol. The molecule has 4 rings (SSSR count). The molecule has 0 spiro atoms. The number of rotatable bonds is 4. The molecule has 25 heavy (non-hydrogen) atoms. The molecule has 1 saturated heterocycles. The molecule has 3 aromatic rings. The number of nitrogens with one attached hydrogen (secondary N) is 2. The SMILES string of the molecule is Cc1csc2ncnc(Nc3ccc(F)cc3O[C@H]3CCCNC3)c12. The van der Waals surface area contributed by atoms with Gasteiger partial charge in [-0.1, -0.05) is 0 Å². The van der Waals surface area contributed by atoms with Crippen LogP contribution >= 0.6 is 11.3 Å². The summed E-state index contributed by atoms with van der Waals surface area (Å²) in [5.41, 5.74) is 1.82. The lowest BCUT2D eigenvalue weighted by atomic mass is 10.1. The van der Waals surface area contributed by atoms with Gasteiger partial charge in [0.15, 0.2) is 0 Å². The molecule has 2 N–H and O–H groups in total. The van der Waals surface area contributed by atoms with E-state index in [1.54, 1.807) is 17.4 Å². The van der Waals surface area contributed by atoms with Crippen LogP contribution in [0, 0.1) is 12.7 Å². The Labute approximate surface area is 149 Å². The molecule has 7 heteroatoms. The normalized spacial score (nSPS) is 17.6. The number of hydrogen-bond donors (Lipinski definition) is 2. The summed E-state index contributed by atoms with van der Waals surface area (Å²) >= 11 is 1.58. The number of fused-ring (bicyclic) bond motifs is 1. The third-order valence-corrected chi connectivity index (χ3v) is 5.30. The van der Waals surface area contributed by atoms with Crippen molar-refractivity contribution in [2.75, 3.05) is 18.4 Å². The minimum absolute atomic E-state index is 0.0457. The van der Waals surface area contributed by atoms with Crippen molar-refractivity contribution in [1.82, 2.24) is 15.3 Å². The van der Waals surface area contributed by atoms with E-state index in [2.05, 4.69) is 26.0 Å². The fourth-order valence-electron chi connectivity index (χ4n) is 3.04. The zero-order valence-corrected chi connectivity index (χ0v) is 14.7. The van der Waals surface area contributed by atoms with Gasteiger partial charge in [-0.25, -0.2) is 14.4 Å². The Morgan fingerprint density at radius 3 is 3.12 bits per heavy atom. The fraction of sp³-hybridized carbons (Fsp3) is 0.333. The Kier molecular flexibility index (Phi) is 4.50. The van der Waals surface area contributed by atoms with E-state index in [4.69, 9.17) is 4.74 Å². The van der Waals surface area contributed by atoms with Crippen molar-refractivity contribution in [2.45, 2.75) is 25.9 Å². The van der Waals surface area contributed by atoms with Gasteiger partial charge in [-0.05, 0) is 49.4 Å². The van der Waals surface area contributed by atoms with Gasteiger partial charge in [0.05, 0.1) is 11.1 Å². The van der Waals surface area contributed by atoms with Gasteiger partial charge in [-0.2, -0.15) is 0 Å². The van der Waals surface area contributed by atoms with Gasteiger partial charge in [0.1, 0.15) is 34.6 Å². The van der Waals surface area contributed by atoms with Crippen LogP contribution in [0.15, 0.2) is 29.9 Å². The number of aromatic nitrogens is 2. The van der Waals surface area contributed by atoms with E-state index in [0.29, 0.717) is 17.3 Å². The van der Waals surface area contributed by atoms with E-state index in [1.165, 1.54) is 18.5 Å². The van der Waals surface area contributed by atoms with Crippen molar-refractivity contribution >= 4 is 33.1 Å². The molecule has 0 unspecified atom stereocenters. The van der Waals surface area contributed by atoms with Gasteiger partial charge < -0.3 is 15.4 Å². The van der Waals surface area contributed by atoms with E-state index in [0.717, 1.165) is 41.7 Å². The Balaban J connectivity index is 1.66. The van der Waals surface area contributed by atoms with E-state index < -0.39 is 0 Å². The highest BCUT2D eigenvalue weighted by Crippen LogP contribution is 2.34. The molecule has 0 aliphatic carbocycles. The fourth-order valence-corrected chi connectivity index (χ4v) is 3.93. The molecule has 0 amide bonds. The van der Waals surface area contributed by atoms with Gasteiger partial charge in [0.2, 0.25) is 0 Å². The summed E-state index contributed by atoms with van der Waals surface area (Å²) in [6.45, 7) is 3.81. The van der Waals surface area contributed by atoms with E-state index in [-0.39, 0.29) is 11.9 Å². The molecule has 130 valence electrons. The van der Waals surface area contributed by atoms with Crippen molar-refractivity contribution in [3.05, 3.63) is 41.3 Å². The minimum Gasteiger partial charge on any atom is -0.487 e. The highest BCUT2D eigenvalue weighted by molar-refractivity contribution is 7.17. The third kappa shape index (κ3) is 3.43. The number of benzene rings is 1. The molecule has 1 aliphatic heterocycles. The standard InChI is InChI=1S/C18H19FN4OS/c1-11-9-25-18-16(11)17(21-10-22-18)23-14-5-4-12(19)7-15(14)24-13-3-2-6-20-8-13/h4-5,7,9-10,13,20H,2-3,6,8H2,1H3,(H,21,22,23)/t13-/m0/s1. The maximum atomic E-state index is 13.8. The van der Waals surface area contributed by atoms with Gasteiger partial charge in [-0.3, -0.25) is 0 Å². The molecular formula is C18H19FN4OS. The summed E-state index contributed by atoms with van der Waals surface area (Å²) in [7, 11) is 0. The lowest BCUT2D eigenvalue weighted by Crippen LogP contribution is -2.37. The molecule has 1 atom stereocenters. The van der Waals surface area contributed by atoms with E-state index >= 15 is 0 Å². The van der Waals surface area contributed by atoms with Crippen LogP contribution in [0.2, 0.25) is 0 Å². The number of nitrogens with zero attached hydrogens (tertiary/aromatic N) is 2. The van der Waals surface area contributed by atoms with E-state index in [1.807, 2.05) is 6.92 Å². The Bertz CT molecular complexity index is 892. The number of hydrogen-bond acceptors (Lipinski definition) is 6. The summed E-state index contributed by atoms with van der Waals surface area (Å²) in [5.74, 6) is 0.902. The van der Waals surface area contributed by atoms with Crippen LogP contribution in [0.5, 0.6) is 5.75 Å². The molecular weight excluding hydrogens is 339 g/mol. The first-order valence-corrected chi connectivity index (χ1v) is 9.21. The number of thiophene rings is 1. The monoisotopic (exact) mass is 358 g/mol. The molecule has 3 heterocycles. The maximum Gasteiger partial charge on any atom is 0.146 e. The highest BCUT2D eigenvalue weighted by atomic mass is 32.1. The van der Waals surface area contributed by atoms with Gasteiger partial charge in [0.25, 0.3) is 0 Å². The predicted octanol–water partition coefficient (Wildman–Crippen LogP) is 4.01. The van der Waals surface area contributed by atoms with Crippen LogP contribution in [0.3, 0.4) is 0 Å². The second-order valence-electron chi connectivity index (χ2n) is 6.17. The second kappa shape index (κ2) is 6.93. The zero-order chi connectivity index (χ0) is 17.2. The lowest BCUT2D eigenvalue weighted by molar-refractivity contribution is 0.167. The quantitative estimate of drug-likeness (QED) is 0.738. The van der Waals surface area contributed by atoms with Crippen molar-refractivity contribution in [1.29, 1.82) is 0 Å². The Morgan fingerprint density at radius 1 is 1.36 bits per heavy atom. The molecule has 0 saturated carbocycles. The Hall–Kier alpha value is -2.25. The molecule has 1 aromatic carbocycles. The smallest absolute Gasteiger partial charge is 0.146 e. The van der Waals surface area contributed by atoms with Crippen molar-refractivity contribution in [2.24, 2.45) is 0 Å². The summed E-state index contributed by atoms with van der Waals surface area (Å²) < 4.78 is 19.8. The highest BCUT2D eigenvalue weighted by Gasteiger charge is 2.18. The molecule has 1 fully saturated rings. The Morgan fingerprint density at radius 2 is 2.28 bits per heavy atom.